The number of ether oxygens (including phenoxy) is 1. The summed E-state index contributed by atoms with van der Waals surface area (Å²) in [5, 5.41) is 12.7. The van der Waals surface area contributed by atoms with Gasteiger partial charge in [0.2, 0.25) is 0 Å². The fourth-order valence-electron chi connectivity index (χ4n) is 2.20. The van der Waals surface area contributed by atoms with Gasteiger partial charge >= 0.3 is 0 Å². The van der Waals surface area contributed by atoms with Gasteiger partial charge in [-0.25, -0.2) is 0 Å². The highest BCUT2D eigenvalue weighted by Crippen LogP contribution is 2.26. The first kappa shape index (κ1) is 11.7. The third kappa shape index (κ3) is 2.51. The molecule has 0 aromatic heterocycles. The molecule has 4 heteroatoms. The molecule has 0 aliphatic carbocycles. The van der Waals surface area contributed by atoms with Crippen molar-refractivity contribution in [1.29, 1.82) is 5.26 Å². The van der Waals surface area contributed by atoms with Gasteiger partial charge < -0.3 is 15.0 Å². The van der Waals surface area contributed by atoms with Gasteiger partial charge in [0.15, 0.2) is 0 Å². The molecule has 1 fully saturated rings. The van der Waals surface area contributed by atoms with Crippen LogP contribution >= 0.6 is 0 Å². The number of nitriles is 1. The Morgan fingerprint density at radius 2 is 2.35 bits per heavy atom. The molecule has 0 radical (unpaired) electrons. The van der Waals surface area contributed by atoms with Crippen molar-refractivity contribution in [2.75, 3.05) is 32.6 Å². The lowest BCUT2D eigenvalue weighted by Crippen LogP contribution is -2.39. The summed E-state index contributed by atoms with van der Waals surface area (Å²) in [5.74, 6) is 0.800. The van der Waals surface area contributed by atoms with Crippen molar-refractivity contribution in [1.82, 2.24) is 4.90 Å². The molecule has 1 aromatic carbocycles. The summed E-state index contributed by atoms with van der Waals surface area (Å²) in [6, 6.07) is 10.1. The van der Waals surface area contributed by atoms with Gasteiger partial charge in [0.05, 0.1) is 13.2 Å². The number of likely N-dealkylation sites (N-methyl/N-ethyl adjacent to an activating group) is 1. The number of anilines is 1. The molecule has 1 aliphatic rings. The molecule has 90 valence electrons. The predicted octanol–water partition coefficient (Wildman–Crippen LogP) is 1.70. The average Bonchev–Trinajstić information content (AvgIpc) is 2.72. The van der Waals surface area contributed by atoms with Crippen LogP contribution in [0.15, 0.2) is 24.3 Å². The first-order chi connectivity index (χ1) is 8.17. The second kappa shape index (κ2) is 4.64. The third-order valence-electron chi connectivity index (χ3n) is 3.13. The molecule has 1 saturated heterocycles. The van der Waals surface area contributed by atoms with Crippen molar-refractivity contribution < 1.29 is 4.74 Å². The van der Waals surface area contributed by atoms with E-state index in [9.17, 15) is 5.26 Å². The van der Waals surface area contributed by atoms with Crippen LogP contribution in [0.3, 0.4) is 0 Å². The van der Waals surface area contributed by atoms with Gasteiger partial charge in [0.25, 0.3) is 0 Å². The second-order valence-electron chi connectivity index (χ2n) is 4.54. The Hall–Kier alpha value is -1.73. The van der Waals surface area contributed by atoms with Crippen LogP contribution in [0.1, 0.15) is 6.42 Å². The molecule has 0 saturated carbocycles. The topological polar surface area (TPSA) is 48.3 Å². The summed E-state index contributed by atoms with van der Waals surface area (Å²) >= 11 is 0. The van der Waals surface area contributed by atoms with Gasteiger partial charge in [-0.15, -0.1) is 0 Å². The summed E-state index contributed by atoms with van der Waals surface area (Å²) in [4.78, 5) is 2.16. The Morgan fingerprint density at radius 1 is 1.53 bits per heavy atom. The van der Waals surface area contributed by atoms with Crippen LogP contribution in [-0.2, 0) is 0 Å². The molecule has 0 amide bonds. The van der Waals surface area contributed by atoms with Crippen LogP contribution in [0.25, 0.3) is 0 Å². The molecule has 2 rings (SSSR count). The van der Waals surface area contributed by atoms with Gasteiger partial charge in [-0.2, -0.15) is 5.26 Å². The van der Waals surface area contributed by atoms with E-state index in [1.165, 1.54) is 0 Å². The zero-order valence-corrected chi connectivity index (χ0v) is 10.2. The van der Waals surface area contributed by atoms with Crippen molar-refractivity contribution in [2.24, 2.45) is 0 Å². The molecule has 1 atom stereocenters. The number of hydrogen-bond acceptors (Lipinski definition) is 4. The minimum atomic E-state index is -0.471. The zero-order chi connectivity index (χ0) is 12.3. The van der Waals surface area contributed by atoms with E-state index in [-0.39, 0.29) is 0 Å². The summed E-state index contributed by atoms with van der Waals surface area (Å²) in [5.41, 5.74) is 0.461. The highest BCUT2D eigenvalue weighted by atomic mass is 16.5. The smallest absolute Gasteiger partial charge is 0.139 e. The van der Waals surface area contributed by atoms with Gasteiger partial charge in [-0.3, -0.25) is 0 Å². The fraction of sp³-hybridized carbons (Fsp3) is 0.462. The number of likely N-dealkylation sites (tertiary alicyclic amines) is 1. The maximum atomic E-state index is 9.35. The van der Waals surface area contributed by atoms with E-state index < -0.39 is 5.54 Å². The molecule has 1 aliphatic heterocycles. The summed E-state index contributed by atoms with van der Waals surface area (Å²) in [7, 11) is 3.68. The minimum absolute atomic E-state index is 0.471. The number of benzene rings is 1. The summed E-state index contributed by atoms with van der Waals surface area (Å²) in [6.45, 7) is 1.70. The Bertz CT molecular complexity index is 441. The summed E-state index contributed by atoms with van der Waals surface area (Å²) in [6.07, 6.45) is 0.844. The maximum Gasteiger partial charge on any atom is 0.139 e. The Morgan fingerprint density at radius 3 is 2.94 bits per heavy atom. The van der Waals surface area contributed by atoms with E-state index in [4.69, 9.17) is 4.74 Å². The van der Waals surface area contributed by atoms with E-state index in [1.54, 1.807) is 7.11 Å². The van der Waals surface area contributed by atoms with E-state index >= 15 is 0 Å². The molecule has 0 spiro atoms. The monoisotopic (exact) mass is 231 g/mol. The lowest BCUT2D eigenvalue weighted by atomic mass is 10.0. The molecular formula is C13H17N3O. The van der Waals surface area contributed by atoms with Crippen LogP contribution in [-0.4, -0.2) is 37.7 Å². The van der Waals surface area contributed by atoms with E-state index in [0.717, 1.165) is 30.9 Å². The van der Waals surface area contributed by atoms with Crippen LogP contribution in [0.5, 0.6) is 5.75 Å². The second-order valence-corrected chi connectivity index (χ2v) is 4.54. The van der Waals surface area contributed by atoms with Crippen LogP contribution in [0.4, 0.5) is 5.69 Å². The predicted molar refractivity (Wildman–Crippen MR) is 67.1 cm³/mol. The summed E-state index contributed by atoms with van der Waals surface area (Å²) < 4.78 is 5.17. The highest BCUT2D eigenvalue weighted by Gasteiger charge is 2.36. The van der Waals surface area contributed by atoms with Crippen molar-refractivity contribution >= 4 is 5.69 Å². The molecule has 4 nitrogen and oxygen atoms in total. The van der Waals surface area contributed by atoms with Crippen LogP contribution in [0.2, 0.25) is 0 Å². The van der Waals surface area contributed by atoms with Gasteiger partial charge in [-0.1, -0.05) is 6.07 Å². The molecular weight excluding hydrogens is 214 g/mol. The first-order valence-electron chi connectivity index (χ1n) is 5.69. The average molecular weight is 231 g/mol. The molecule has 1 N–H and O–H groups in total. The SMILES string of the molecule is COc1cccc(NC2(C#N)CCN(C)C2)c1. The van der Waals surface area contributed by atoms with Crippen LogP contribution in [0, 0.1) is 11.3 Å². The number of nitrogens with one attached hydrogen (secondary N) is 1. The number of methoxy groups -OCH3 is 1. The molecule has 17 heavy (non-hydrogen) atoms. The van der Waals surface area contributed by atoms with Crippen molar-refractivity contribution in [3.05, 3.63) is 24.3 Å². The van der Waals surface area contributed by atoms with Gasteiger partial charge in [0.1, 0.15) is 11.3 Å². The Labute approximate surface area is 102 Å². The normalized spacial score (nSPS) is 24.3. The van der Waals surface area contributed by atoms with E-state index in [2.05, 4.69) is 16.3 Å². The molecule has 1 unspecified atom stereocenters. The minimum Gasteiger partial charge on any atom is -0.497 e. The Balaban J connectivity index is 2.16. The molecule has 0 bridgehead atoms. The number of hydrogen-bond donors (Lipinski definition) is 1. The molecule has 1 aromatic rings. The lowest BCUT2D eigenvalue weighted by molar-refractivity contribution is 0.403. The first-order valence-corrected chi connectivity index (χ1v) is 5.69. The van der Waals surface area contributed by atoms with E-state index in [0.29, 0.717) is 0 Å². The van der Waals surface area contributed by atoms with Crippen molar-refractivity contribution in [3.8, 4) is 11.8 Å². The van der Waals surface area contributed by atoms with Gasteiger partial charge in [-0.05, 0) is 25.6 Å². The maximum absolute atomic E-state index is 9.35. The van der Waals surface area contributed by atoms with Crippen molar-refractivity contribution in [2.45, 2.75) is 12.0 Å². The quantitative estimate of drug-likeness (QED) is 0.860. The fourth-order valence-corrected chi connectivity index (χ4v) is 2.20. The number of rotatable bonds is 3. The standard InChI is InChI=1S/C13H17N3O/c1-16-7-6-13(9-14,10-16)15-11-4-3-5-12(8-11)17-2/h3-5,8,15H,6-7,10H2,1-2H3. The lowest BCUT2D eigenvalue weighted by Gasteiger charge is -2.23. The number of nitrogens with zero attached hydrogens (tertiary/aromatic N) is 2. The Kier molecular flexibility index (Phi) is 3.21. The third-order valence-corrected chi connectivity index (χ3v) is 3.13. The van der Waals surface area contributed by atoms with E-state index in [1.807, 2.05) is 31.3 Å². The largest absolute Gasteiger partial charge is 0.497 e. The van der Waals surface area contributed by atoms with Crippen LogP contribution < -0.4 is 10.1 Å². The van der Waals surface area contributed by atoms with Gasteiger partial charge in [0, 0.05) is 24.8 Å². The zero-order valence-electron chi connectivity index (χ0n) is 10.2. The molecule has 1 heterocycles. The highest BCUT2D eigenvalue weighted by molar-refractivity contribution is 5.52. The van der Waals surface area contributed by atoms with Crippen molar-refractivity contribution in [3.63, 3.8) is 0 Å².